The molecule has 0 aromatic carbocycles. The highest BCUT2D eigenvalue weighted by Gasteiger charge is 2.35. The number of aryl methyl sites for hydroxylation is 1. The molecule has 2 heterocycles. The molecule has 1 aliphatic heterocycles. The van der Waals surface area contributed by atoms with Gasteiger partial charge in [0.1, 0.15) is 5.60 Å². The molecule has 1 saturated heterocycles. The maximum absolute atomic E-state index is 10.7. The van der Waals surface area contributed by atoms with Gasteiger partial charge in [0, 0.05) is 26.2 Å². The topological polar surface area (TPSA) is 47.3 Å². The summed E-state index contributed by atoms with van der Waals surface area (Å²) in [5.41, 5.74) is 0.0856. The van der Waals surface area contributed by atoms with Crippen molar-refractivity contribution in [1.29, 1.82) is 0 Å². The van der Waals surface area contributed by atoms with Crippen LogP contribution in [0.2, 0.25) is 0 Å². The molecule has 0 amide bonds. The Bertz CT molecular complexity index is 357. The van der Waals surface area contributed by atoms with E-state index in [-0.39, 0.29) is 0 Å². The quantitative estimate of drug-likeness (QED) is 0.906. The van der Waals surface area contributed by atoms with Crippen LogP contribution in [0.4, 0.5) is 0 Å². The minimum absolute atomic E-state index is 0.609. The second-order valence-electron chi connectivity index (χ2n) is 4.15. The van der Waals surface area contributed by atoms with Crippen molar-refractivity contribution in [1.82, 2.24) is 9.78 Å². The normalized spacial score (nSPS) is 26.7. The Morgan fingerprint density at radius 3 is 3.12 bits per heavy atom. The Labute approximate surface area is 104 Å². The fraction of sp³-hybridized carbons (Fsp3) is 0.727. The first-order chi connectivity index (χ1) is 7.67. The lowest BCUT2D eigenvalue weighted by Crippen LogP contribution is -2.30. The van der Waals surface area contributed by atoms with Crippen LogP contribution in [0.1, 0.15) is 31.9 Å². The molecule has 1 fully saturated rings. The van der Waals surface area contributed by atoms with Gasteiger partial charge in [0.05, 0.1) is 16.4 Å². The molecule has 1 unspecified atom stereocenters. The lowest BCUT2D eigenvalue weighted by molar-refractivity contribution is 0.00566. The van der Waals surface area contributed by atoms with Gasteiger partial charge < -0.3 is 9.84 Å². The smallest absolute Gasteiger partial charge is 0.110 e. The van der Waals surface area contributed by atoms with Gasteiger partial charge in [-0.2, -0.15) is 5.10 Å². The molecule has 1 aliphatic rings. The summed E-state index contributed by atoms with van der Waals surface area (Å²) in [6.45, 7) is 4.14. The van der Waals surface area contributed by atoms with E-state index in [2.05, 4.69) is 21.0 Å². The SMILES string of the molecule is CCn1ncc(Br)c1C1(O)CCCOCC1. The fourth-order valence-electron chi connectivity index (χ4n) is 2.24. The van der Waals surface area contributed by atoms with Crippen molar-refractivity contribution < 1.29 is 9.84 Å². The van der Waals surface area contributed by atoms with E-state index in [4.69, 9.17) is 4.74 Å². The van der Waals surface area contributed by atoms with Crippen LogP contribution < -0.4 is 0 Å². The van der Waals surface area contributed by atoms with Crippen LogP contribution in [-0.2, 0) is 16.9 Å². The monoisotopic (exact) mass is 288 g/mol. The molecule has 2 rings (SSSR count). The molecule has 1 aromatic heterocycles. The van der Waals surface area contributed by atoms with Gasteiger partial charge in [0.15, 0.2) is 0 Å². The molecule has 1 atom stereocenters. The number of rotatable bonds is 2. The molecule has 0 radical (unpaired) electrons. The predicted molar refractivity (Wildman–Crippen MR) is 64.2 cm³/mol. The fourth-order valence-corrected chi connectivity index (χ4v) is 2.90. The van der Waals surface area contributed by atoms with Gasteiger partial charge in [-0.25, -0.2) is 0 Å². The van der Waals surface area contributed by atoms with Gasteiger partial charge in [-0.1, -0.05) is 0 Å². The molecule has 5 heteroatoms. The number of halogens is 1. The zero-order chi connectivity index (χ0) is 11.6. The second kappa shape index (κ2) is 4.85. The van der Waals surface area contributed by atoms with Crippen LogP contribution in [-0.4, -0.2) is 28.1 Å². The summed E-state index contributed by atoms with van der Waals surface area (Å²) in [5, 5.41) is 15.0. The summed E-state index contributed by atoms with van der Waals surface area (Å²) in [7, 11) is 0. The number of aliphatic hydroxyl groups is 1. The number of ether oxygens (including phenoxy) is 1. The van der Waals surface area contributed by atoms with Gasteiger partial charge in [-0.3, -0.25) is 4.68 Å². The van der Waals surface area contributed by atoms with E-state index in [1.54, 1.807) is 6.20 Å². The Hall–Kier alpha value is -0.390. The second-order valence-corrected chi connectivity index (χ2v) is 5.01. The average Bonchev–Trinajstić information content (AvgIpc) is 2.51. The molecular formula is C11H17BrN2O2. The zero-order valence-electron chi connectivity index (χ0n) is 9.45. The highest BCUT2D eigenvalue weighted by atomic mass is 79.9. The van der Waals surface area contributed by atoms with Gasteiger partial charge in [-0.05, 0) is 35.7 Å². The van der Waals surface area contributed by atoms with Crippen LogP contribution in [0.5, 0.6) is 0 Å². The van der Waals surface area contributed by atoms with E-state index in [1.807, 2.05) is 11.6 Å². The average molecular weight is 289 g/mol. The summed E-state index contributed by atoms with van der Waals surface area (Å²) < 4.78 is 8.14. The predicted octanol–water partition coefficient (Wildman–Crippen LogP) is 2.05. The maximum atomic E-state index is 10.7. The zero-order valence-corrected chi connectivity index (χ0v) is 11.0. The van der Waals surface area contributed by atoms with Gasteiger partial charge in [0.25, 0.3) is 0 Å². The standard InChI is InChI=1S/C11H17BrN2O2/c1-2-14-10(9(12)8-13-14)11(15)4-3-6-16-7-5-11/h8,15H,2-7H2,1H3. The van der Waals surface area contributed by atoms with Crippen molar-refractivity contribution in [2.75, 3.05) is 13.2 Å². The number of hydrogen-bond acceptors (Lipinski definition) is 3. The molecule has 4 nitrogen and oxygen atoms in total. The van der Waals surface area contributed by atoms with Crippen LogP contribution >= 0.6 is 15.9 Å². The summed E-state index contributed by atoms with van der Waals surface area (Å²) in [6, 6.07) is 0. The summed E-state index contributed by atoms with van der Waals surface area (Å²) in [5.74, 6) is 0. The highest BCUT2D eigenvalue weighted by Crippen LogP contribution is 2.36. The summed E-state index contributed by atoms with van der Waals surface area (Å²) >= 11 is 3.47. The van der Waals surface area contributed by atoms with E-state index in [1.165, 1.54) is 0 Å². The maximum Gasteiger partial charge on any atom is 0.110 e. The molecule has 1 aromatic rings. The van der Waals surface area contributed by atoms with Crippen molar-refractivity contribution in [2.24, 2.45) is 0 Å². The van der Waals surface area contributed by atoms with E-state index in [0.29, 0.717) is 13.0 Å². The first-order valence-electron chi connectivity index (χ1n) is 5.69. The van der Waals surface area contributed by atoms with Crippen LogP contribution in [0.25, 0.3) is 0 Å². The number of aromatic nitrogens is 2. The Morgan fingerprint density at radius 2 is 2.38 bits per heavy atom. The largest absolute Gasteiger partial charge is 0.383 e. The molecule has 90 valence electrons. The number of hydrogen-bond donors (Lipinski definition) is 1. The molecule has 0 aliphatic carbocycles. The molecular weight excluding hydrogens is 272 g/mol. The minimum atomic E-state index is -0.804. The summed E-state index contributed by atoms with van der Waals surface area (Å²) in [6.07, 6.45) is 4.01. The first kappa shape index (κ1) is 12.1. The van der Waals surface area contributed by atoms with Gasteiger partial charge >= 0.3 is 0 Å². The Balaban J connectivity index is 2.35. The van der Waals surface area contributed by atoms with Crippen molar-refractivity contribution in [3.63, 3.8) is 0 Å². The lowest BCUT2D eigenvalue weighted by atomic mass is 9.91. The molecule has 0 saturated carbocycles. The van der Waals surface area contributed by atoms with Crippen molar-refractivity contribution in [2.45, 2.75) is 38.3 Å². The van der Waals surface area contributed by atoms with E-state index >= 15 is 0 Å². The third-order valence-electron chi connectivity index (χ3n) is 3.07. The molecule has 0 bridgehead atoms. The van der Waals surface area contributed by atoms with E-state index in [9.17, 15) is 5.11 Å². The van der Waals surface area contributed by atoms with Crippen LogP contribution in [0.3, 0.4) is 0 Å². The number of nitrogens with zero attached hydrogens (tertiary/aromatic N) is 2. The lowest BCUT2D eigenvalue weighted by Gasteiger charge is -2.27. The van der Waals surface area contributed by atoms with Crippen molar-refractivity contribution in [3.8, 4) is 0 Å². The Morgan fingerprint density at radius 1 is 1.56 bits per heavy atom. The Kier molecular flexibility index (Phi) is 3.66. The van der Waals surface area contributed by atoms with E-state index in [0.717, 1.165) is 36.2 Å². The third-order valence-corrected chi connectivity index (χ3v) is 3.65. The first-order valence-corrected chi connectivity index (χ1v) is 6.48. The van der Waals surface area contributed by atoms with Crippen molar-refractivity contribution >= 4 is 15.9 Å². The van der Waals surface area contributed by atoms with Crippen LogP contribution in [0.15, 0.2) is 10.7 Å². The molecule has 0 spiro atoms. The third kappa shape index (κ3) is 2.17. The van der Waals surface area contributed by atoms with Gasteiger partial charge in [-0.15, -0.1) is 0 Å². The minimum Gasteiger partial charge on any atom is -0.383 e. The molecule has 1 N–H and O–H groups in total. The van der Waals surface area contributed by atoms with E-state index < -0.39 is 5.60 Å². The van der Waals surface area contributed by atoms with Gasteiger partial charge in [0.2, 0.25) is 0 Å². The van der Waals surface area contributed by atoms with Crippen LogP contribution in [0, 0.1) is 0 Å². The summed E-state index contributed by atoms with van der Waals surface area (Å²) in [4.78, 5) is 0. The highest BCUT2D eigenvalue weighted by molar-refractivity contribution is 9.10. The van der Waals surface area contributed by atoms with Crippen molar-refractivity contribution in [3.05, 3.63) is 16.4 Å². The molecule has 16 heavy (non-hydrogen) atoms.